The second kappa shape index (κ2) is 6.02. The molecule has 2 nitrogen and oxygen atoms in total. The first kappa shape index (κ1) is 11.5. The summed E-state index contributed by atoms with van der Waals surface area (Å²) in [6, 6.07) is 0. The Morgan fingerprint density at radius 2 is 2.33 bits per heavy atom. The molecule has 1 aliphatic rings. The van der Waals surface area contributed by atoms with E-state index in [4.69, 9.17) is 0 Å². The van der Waals surface area contributed by atoms with Gasteiger partial charge in [-0.3, -0.25) is 0 Å². The fourth-order valence-corrected chi connectivity index (χ4v) is 1.33. The predicted molar refractivity (Wildman–Crippen MR) is 61.3 cm³/mol. The van der Waals surface area contributed by atoms with Crippen LogP contribution in [0.15, 0.2) is 48.1 Å². The summed E-state index contributed by atoms with van der Waals surface area (Å²) >= 11 is 0. The number of hydrogen-bond acceptors (Lipinski definition) is 2. The molecule has 1 rings (SSSR count). The van der Waals surface area contributed by atoms with Gasteiger partial charge in [-0.2, -0.15) is 0 Å². The predicted octanol–water partition coefficient (Wildman–Crippen LogP) is 2.79. The Kier molecular flexibility index (Phi) is 4.61. The largest absolute Gasteiger partial charge is 0.466 e. The van der Waals surface area contributed by atoms with Gasteiger partial charge in [-0.05, 0) is 24.0 Å². The minimum atomic E-state index is -0.324. The molecule has 0 aromatic heterocycles. The lowest BCUT2D eigenvalue weighted by molar-refractivity contribution is -0.134. The highest BCUT2D eigenvalue weighted by Crippen LogP contribution is 2.15. The van der Waals surface area contributed by atoms with E-state index in [0.717, 1.165) is 12.0 Å². The molecule has 0 amide bonds. The van der Waals surface area contributed by atoms with Crippen molar-refractivity contribution in [2.45, 2.75) is 13.3 Å². The van der Waals surface area contributed by atoms with Gasteiger partial charge in [0.25, 0.3) is 0 Å². The Hall–Kier alpha value is -1.57. The topological polar surface area (TPSA) is 26.3 Å². The van der Waals surface area contributed by atoms with E-state index in [2.05, 4.69) is 23.8 Å². The van der Waals surface area contributed by atoms with Gasteiger partial charge in [0.1, 0.15) is 0 Å². The SMILES string of the molecule is CCC1C=CC=CC(C=CC(=O)OC)=C1. The Morgan fingerprint density at radius 3 is 3.00 bits per heavy atom. The molecule has 1 atom stereocenters. The maximum Gasteiger partial charge on any atom is 0.330 e. The quantitative estimate of drug-likeness (QED) is 0.522. The van der Waals surface area contributed by atoms with Gasteiger partial charge in [-0.1, -0.05) is 37.3 Å². The first-order valence-electron chi connectivity index (χ1n) is 5.09. The number of carbonyl (C=O) groups is 1. The third kappa shape index (κ3) is 3.98. The molecule has 80 valence electrons. The van der Waals surface area contributed by atoms with Gasteiger partial charge in [0.15, 0.2) is 0 Å². The minimum absolute atomic E-state index is 0.324. The van der Waals surface area contributed by atoms with Gasteiger partial charge < -0.3 is 4.74 Å². The second-order valence-corrected chi connectivity index (χ2v) is 3.34. The van der Waals surface area contributed by atoms with Gasteiger partial charge >= 0.3 is 5.97 Å². The third-order valence-electron chi connectivity index (χ3n) is 2.25. The highest BCUT2D eigenvalue weighted by molar-refractivity contribution is 5.82. The van der Waals surface area contributed by atoms with Crippen molar-refractivity contribution in [1.29, 1.82) is 0 Å². The van der Waals surface area contributed by atoms with Crippen LogP contribution in [0.3, 0.4) is 0 Å². The molecule has 0 N–H and O–H groups in total. The van der Waals surface area contributed by atoms with E-state index in [1.807, 2.05) is 18.2 Å². The average molecular weight is 204 g/mol. The van der Waals surface area contributed by atoms with Crippen molar-refractivity contribution in [2.24, 2.45) is 5.92 Å². The lowest BCUT2D eigenvalue weighted by Gasteiger charge is -2.02. The maximum absolute atomic E-state index is 10.9. The summed E-state index contributed by atoms with van der Waals surface area (Å²) in [5.41, 5.74) is 1.04. The first-order chi connectivity index (χ1) is 7.26. The van der Waals surface area contributed by atoms with Crippen LogP contribution in [0.5, 0.6) is 0 Å². The van der Waals surface area contributed by atoms with Gasteiger partial charge in [0.05, 0.1) is 7.11 Å². The first-order valence-corrected chi connectivity index (χ1v) is 5.09. The molecular weight excluding hydrogens is 188 g/mol. The van der Waals surface area contributed by atoms with Crippen molar-refractivity contribution in [3.8, 4) is 0 Å². The van der Waals surface area contributed by atoms with Crippen LogP contribution in [0, 0.1) is 5.92 Å². The number of rotatable bonds is 3. The lowest BCUT2D eigenvalue weighted by Crippen LogP contribution is -1.94. The van der Waals surface area contributed by atoms with Gasteiger partial charge in [0.2, 0.25) is 0 Å². The Bertz CT molecular complexity index is 332. The summed E-state index contributed by atoms with van der Waals surface area (Å²) in [6.45, 7) is 2.14. The molecular formula is C13H16O2. The molecule has 0 saturated carbocycles. The van der Waals surface area contributed by atoms with Gasteiger partial charge in [-0.15, -0.1) is 0 Å². The van der Waals surface area contributed by atoms with Crippen LogP contribution in [0.1, 0.15) is 13.3 Å². The van der Waals surface area contributed by atoms with Crippen LogP contribution < -0.4 is 0 Å². The van der Waals surface area contributed by atoms with Crippen LogP contribution in [-0.4, -0.2) is 13.1 Å². The van der Waals surface area contributed by atoms with Gasteiger partial charge in [-0.25, -0.2) is 4.79 Å². The fraction of sp³-hybridized carbons (Fsp3) is 0.308. The molecule has 1 unspecified atom stereocenters. The zero-order valence-electron chi connectivity index (χ0n) is 9.14. The van der Waals surface area contributed by atoms with E-state index in [1.54, 1.807) is 6.08 Å². The molecule has 0 fully saturated rings. The fourth-order valence-electron chi connectivity index (χ4n) is 1.33. The summed E-state index contributed by atoms with van der Waals surface area (Å²) in [6.07, 6.45) is 14.5. The summed E-state index contributed by atoms with van der Waals surface area (Å²) in [7, 11) is 1.38. The maximum atomic E-state index is 10.9. The molecule has 0 aromatic carbocycles. The van der Waals surface area contributed by atoms with Crippen molar-refractivity contribution in [2.75, 3.05) is 7.11 Å². The molecule has 0 saturated heterocycles. The van der Waals surface area contributed by atoms with E-state index < -0.39 is 0 Å². The zero-order valence-corrected chi connectivity index (χ0v) is 9.14. The molecule has 0 aromatic rings. The molecule has 2 heteroatoms. The van der Waals surface area contributed by atoms with Crippen LogP contribution in [0.2, 0.25) is 0 Å². The van der Waals surface area contributed by atoms with Crippen molar-refractivity contribution >= 4 is 5.97 Å². The Morgan fingerprint density at radius 1 is 1.53 bits per heavy atom. The molecule has 1 aliphatic carbocycles. The lowest BCUT2D eigenvalue weighted by atomic mass is 10.0. The van der Waals surface area contributed by atoms with E-state index in [0.29, 0.717) is 5.92 Å². The van der Waals surface area contributed by atoms with Crippen LogP contribution in [-0.2, 0) is 9.53 Å². The Balaban J connectivity index is 2.72. The van der Waals surface area contributed by atoms with Crippen molar-refractivity contribution < 1.29 is 9.53 Å². The minimum Gasteiger partial charge on any atom is -0.466 e. The monoisotopic (exact) mass is 204 g/mol. The molecule has 0 bridgehead atoms. The van der Waals surface area contributed by atoms with Crippen LogP contribution in [0.25, 0.3) is 0 Å². The molecule has 0 radical (unpaired) electrons. The van der Waals surface area contributed by atoms with Crippen LogP contribution >= 0.6 is 0 Å². The van der Waals surface area contributed by atoms with Crippen LogP contribution in [0.4, 0.5) is 0 Å². The average Bonchev–Trinajstić information content (AvgIpc) is 2.50. The third-order valence-corrected chi connectivity index (χ3v) is 2.25. The molecule has 0 heterocycles. The summed E-state index contributed by atoms with van der Waals surface area (Å²) in [5.74, 6) is 0.117. The molecule has 0 spiro atoms. The zero-order chi connectivity index (χ0) is 11.1. The number of methoxy groups -OCH3 is 1. The highest BCUT2D eigenvalue weighted by atomic mass is 16.5. The number of esters is 1. The summed E-state index contributed by atoms with van der Waals surface area (Å²) < 4.78 is 4.53. The van der Waals surface area contributed by atoms with Crippen molar-refractivity contribution in [3.63, 3.8) is 0 Å². The van der Waals surface area contributed by atoms with Crippen molar-refractivity contribution in [3.05, 3.63) is 48.1 Å². The van der Waals surface area contributed by atoms with E-state index in [9.17, 15) is 4.79 Å². The number of carbonyl (C=O) groups excluding carboxylic acids is 1. The van der Waals surface area contributed by atoms with E-state index in [-0.39, 0.29) is 5.97 Å². The summed E-state index contributed by atoms with van der Waals surface area (Å²) in [4.78, 5) is 10.9. The van der Waals surface area contributed by atoms with Gasteiger partial charge in [0, 0.05) is 6.08 Å². The smallest absolute Gasteiger partial charge is 0.330 e. The molecule has 0 aliphatic heterocycles. The number of allylic oxidation sites excluding steroid dienone is 7. The highest BCUT2D eigenvalue weighted by Gasteiger charge is 2.00. The number of hydrogen-bond donors (Lipinski definition) is 0. The van der Waals surface area contributed by atoms with Crippen molar-refractivity contribution in [1.82, 2.24) is 0 Å². The standard InChI is InChI=1S/C13H16O2/c1-3-11-6-4-5-7-12(10-11)8-9-13(14)15-2/h4-11H,3H2,1-2H3. The Labute approximate surface area is 90.6 Å². The second-order valence-electron chi connectivity index (χ2n) is 3.34. The normalized spacial score (nSPS) is 20.1. The van der Waals surface area contributed by atoms with E-state index >= 15 is 0 Å². The molecule has 15 heavy (non-hydrogen) atoms. The number of ether oxygens (including phenoxy) is 1. The summed E-state index contributed by atoms with van der Waals surface area (Å²) in [5, 5.41) is 0. The van der Waals surface area contributed by atoms with E-state index in [1.165, 1.54) is 13.2 Å².